The molecule has 0 saturated carbocycles. The molecule has 0 unspecified atom stereocenters. The van der Waals surface area contributed by atoms with Crippen LogP contribution in [0.15, 0.2) is 24.4 Å². The molecule has 0 bridgehead atoms. The van der Waals surface area contributed by atoms with Gasteiger partial charge >= 0.3 is 0 Å². The van der Waals surface area contributed by atoms with E-state index in [-0.39, 0.29) is 5.69 Å². The van der Waals surface area contributed by atoms with Gasteiger partial charge in [-0.1, -0.05) is 0 Å². The van der Waals surface area contributed by atoms with Gasteiger partial charge in [0.05, 0.1) is 11.4 Å². The molecule has 0 aliphatic carbocycles. The zero-order valence-electron chi connectivity index (χ0n) is 8.61. The summed E-state index contributed by atoms with van der Waals surface area (Å²) in [5.74, 6) is -0.0533. The van der Waals surface area contributed by atoms with E-state index in [2.05, 4.69) is 15.0 Å². The molecule has 0 aliphatic rings. The number of aromatic nitrogens is 3. The number of pyridine rings is 1. The van der Waals surface area contributed by atoms with Gasteiger partial charge in [-0.2, -0.15) is 0 Å². The van der Waals surface area contributed by atoms with Gasteiger partial charge in [0, 0.05) is 6.20 Å². The Labute approximate surface area is 91.2 Å². The highest BCUT2D eigenvalue weighted by Crippen LogP contribution is 2.16. The van der Waals surface area contributed by atoms with Crippen molar-refractivity contribution >= 4 is 0 Å². The van der Waals surface area contributed by atoms with Gasteiger partial charge in [0.15, 0.2) is 0 Å². The van der Waals surface area contributed by atoms with Crippen molar-refractivity contribution in [2.24, 2.45) is 0 Å². The highest BCUT2D eigenvalue weighted by molar-refractivity contribution is 5.53. The zero-order valence-corrected chi connectivity index (χ0v) is 8.61. The predicted octanol–water partition coefficient (Wildman–Crippen LogP) is 2.46. The fraction of sp³-hybridized carbons (Fsp3) is 0.182. The van der Waals surface area contributed by atoms with Gasteiger partial charge in [-0.15, -0.1) is 0 Å². The Bertz CT molecular complexity index is 514. The fourth-order valence-electron chi connectivity index (χ4n) is 1.32. The molecule has 5 heteroatoms. The topological polar surface area (TPSA) is 38.7 Å². The van der Waals surface area contributed by atoms with Gasteiger partial charge in [-0.05, 0) is 25.1 Å². The minimum atomic E-state index is -0.927. The van der Waals surface area contributed by atoms with Crippen LogP contribution in [0.3, 0.4) is 0 Å². The number of nitrogens with zero attached hydrogens (tertiary/aromatic N) is 3. The number of hydrogen-bond acceptors (Lipinski definition) is 3. The Kier molecular flexibility index (Phi) is 2.85. The molecule has 0 fully saturated rings. The molecular formula is C11H9F2N3. The van der Waals surface area contributed by atoms with E-state index in [1.54, 1.807) is 19.2 Å². The average molecular weight is 221 g/mol. The van der Waals surface area contributed by atoms with Gasteiger partial charge in [-0.3, -0.25) is 0 Å². The van der Waals surface area contributed by atoms with Gasteiger partial charge in [0.2, 0.25) is 0 Å². The van der Waals surface area contributed by atoms with Crippen molar-refractivity contribution in [1.29, 1.82) is 0 Å². The quantitative estimate of drug-likeness (QED) is 0.781. The van der Waals surface area contributed by atoms with Crippen LogP contribution in [0.1, 0.15) is 11.5 Å². The van der Waals surface area contributed by atoms with Gasteiger partial charge in [0.25, 0.3) is 0 Å². The standard InChI is InChI=1S/C11H9F2N3/c1-7-14-5-4-10(15-7)9-3-2-8(13)11(6-12)16-9/h2-5H,6H2,1H3. The Morgan fingerprint density at radius 2 is 1.88 bits per heavy atom. The van der Waals surface area contributed by atoms with E-state index in [1.165, 1.54) is 12.1 Å². The van der Waals surface area contributed by atoms with Gasteiger partial charge in [0.1, 0.15) is 24.0 Å². The first-order valence-corrected chi connectivity index (χ1v) is 4.72. The van der Waals surface area contributed by atoms with E-state index in [0.29, 0.717) is 17.2 Å². The maximum absolute atomic E-state index is 13.0. The summed E-state index contributed by atoms with van der Waals surface area (Å²) in [4.78, 5) is 11.9. The van der Waals surface area contributed by atoms with Crippen molar-refractivity contribution in [2.75, 3.05) is 0 Å². The monoisotopic (exact) mass is 221 g/mol. The largest absolute Gasteiger partial charge is 0.245 e. The van der Waals surface area contributed by atoms with E-state index < -0.39 is 12.5 Å². The smallest absolute Gasteiger partial charge is 0.147 e. The summed E-state index contributed by atoms with van der Waals surface area (Å²) in [6.07, 6.45) is 1.58. The van der Waals surface area contributed by atoms with Crippen LogP contribution in [-0.4, -0.2) is 15.0 Å². The van der Waals surface area contributed by atoms with Crippen molar-refractivity contribution in [1.82, 2.24) is 15.0 Å². The minimum absolute atomic E-state index is 0.200. The molecule has 2 aromatic rings. The van der Waals surface area contributed by atoms with Crippen molar-refractivity contribution in [3.8, 4) is 11.4 Å². The molecule has 0 saturated heterocycles. The SMILES string of the molecule is Cc1nccc(-c2ccc(F)c(CF)n2)n1. The lowest BCUT2D eigenvalue weighted by molar-refractivity contribution is 0.452. The van der Waals surface area contributed by atoms with Crippen molar-refractivity contribution in [2.45, 2.75) is 13.6 Å². The number of rotatable bonds is 2. The van der Waals surface area contributed by atoms with E-state index in [0.717, 1.165) is 0 Å². The summed E-state index contributed by atoms with van der Waals surface area (Å²) >= 11 is 0. The molecule has 2 aromatic heterocycles. The van der Waals surface area contributed by atoms with Crippen molar-refractivity contribution < 1.29 is 8.78 Å². The van der Waals surface area contributed by atoms with E-state index in [4.69, 9.17) is 0 Å². The van der Waals surface area contributed by atoms with Crippen LogP contribution in [0, 0.1) is 12.7 Å². The van der Waals surface area contributed by atoms with E-state index in [1.807, 2.05) is 0 Å². The van der Waals surface area contributed by atoms with Crippen LogP contribution >= 0.6 is 0 Å². The molecular weight excluding hydrogens is 212 g/mol. The normalized spacial score (nSPS) is 10.4. The summed E-state index contributed by atoms with van der Waals surface area (Å²) in [5, 5.41) is 0. The van der Waals surface area contributed by atoms with Crippen LogP contribution in [0.5, 0.6) is 0 Å². The number of alkyl halides is 1. The Morgan fingerprint density at radius 3 is 2.56 bits per heavy atom. The maximum Gasteiger partial charge on any atom is 0.147 e. The zero-order chi connectivity index (χ0) is 11.5. The summed E-state index contributed by atoms with van der Waals surface area (Å²) < 4.78 is 25.5. The maximum atomic E-state index is 13.0. The molecule has 0 N–H and O–H groups in total. The fourth-order valence-corrected chi connectivity index (χ4v) is 1.32. The summed E-state index contributed by atoms with van der Waals surface area (Å²) in [7, 11) is 0. The Balaban J connectivity index is 2.48. The first-order valence-electron chi connectivity index (χ1n) is 4.72. The van der Waals surface area contributed by atoms with Crippen LogP contribution in [0.2, 0.25) is 0 Å². The van der Waals surface area contributed by atoms with Crippen LogP contribution in [0.4, 0.5) is 8.78 Å². The first kappa shape index (κ1) is 10.6. The molecule has 0 aromatic carbocycles. The van der Waals surface area contributed by atoms with Crippen LogP contribution < -0.4 is 0 Å². The molecule has 82 valence electrons. The third-order valence-corrected chi connectivity index (χ3v) is 2.08. The molecule has 2 rings (SSSR count). The minimum Gasteiger partial charge on any atom is -0.245 e. The molecule has 2 heterocycles. The van der Waals surface area contributed by atoms with E-state index in [9.17, 15) is 8.78 Å². The van der Waals surface area contributed by atoms with Gasteiger partial charge < -0.3 is 0 Å². The molecule has 0 radical (unpaired) electrons. The number of hydrogen-bond donors (Lipinski definition) is 0. The molecule has 3 nitrogen and oxygen atoms in total. The lowest BCUT2D eigenvalue weighted by atomic mass is 10.2. The third-order valence-electron chi connectivity index (χ3n) is 2.08. The average Bonchev–Trinajstić information content (AvgIpc) is 2.29. The molecule has 0 amide bonds. The van der Waals surface area contributed by atoms with Crippen LogP contribution in [-0.2, 0) is 6.67 Å². The summed E-state index contributed by atoms with van der Waals surface area (Å²) in [6, 6.07) is 4.31. The van der Waals surface area contributed by atoms with Crippen LogP contribution in [0.25, 0.3) is 11.4 Å². The first-order chi connectivity index (χ1) is 7.70. The highest BCUT2D eigenvalue weighted by atomic mass is 19.1. The molecule has 16 heavy (non-hydrogen) atoms. The molecule has 0 aliphatic heterocycles. The number of aryl methyl sites for hydroxylation is 1. The van der Waals surface area contributed by atoms with Crippen molar-refractivity contribution in [3.63, 3.8) is 0 Å². The summed E-state index contributed by atoms with van der Waals surface area (Å²) in [6.45, 7) is 0.812. The lowest BCUT2D eigenvalue weighted by Crippen LogP contribution is -1.97. The predicted molar refractivity (Wildman–Crippen MR) is 54.8 cm³/mol. The number of halogens is 2. The highest BCUT2D eigenvalue weighted by Gasteiger charge is 2.07. The van der Waals surface area contributed by atoms with E-state index >= 15 is 0 Å². The molecule has 0 atom stereocenters. The lowest BCUT2D eigenvalue weighted by Gasteiger charge is -2.03. The Hall–Kier alpha value is -1.91. The second-order valence-corrected chi connectivity index (χ2v) is 3.25. The second-order valence-electron chi connectivity index (χ2n) is 3.25. The van der Waals surface area contributed by atoms with Gasteiger partial charge in [-0.25, -0.2) is 23.7 Å². The second kappa shape index (κ2) is 4.30. The Morgan fingerprint density at radius 1 is 1.12 bits per heavy atom. The third kappa shape index (κ3) is 2.03. The van der Waals surface area contributed by atoms with Crippen molar-refractivity contribution in [3.05, 3.63) is 41.7 Å². The summed E-state index contributed by atoms with van der Waals surface area (Å²) in [5.41, 5.74) is 0.801. The molecule has 0 spiro atoms.